The summed E-state index contributed by atoms with van der Waals surface area (Å²) in [7, 11) is 1.52. The number of carbonyl (C=O) groups excluding carboxylic acids is 1. The van der Waals surface area contributed by atoms with Crippen LogP contribution >= 0.6 is 0 Å². The zero-order chi connectivity index (χ0) is 27.0. The molecule has 2 aromatic carbocycles. The van der Waals surface area contributed by atoms with Crippen molar-refractivity contribution in [3.8, 4) is 5.75 Å². The van der Waals surface area contributed by atoms with Crippen molar-refractivity contribution in [2.45, 2.75) is 44.7 Å². The summed E-state index contributed by atoms with van der Waals surface area (Å²) >= 11 is 0. The molecule has 8 nitrogen and oxygen atoms in total. The van der Waals surface area contributed by atoms with Gasteiger partial charge in [-0.15, -0.1) is 0 Å². The van der Waals surface area contributed by atoms with Gasteiger partial charge in [-0.25, -0.2) is 4.39 Å². The fraction of sp³-hybridized carbons (Fsp3) is 0.519. The van der Waals surface area contributed by atoms with E-state index in [9.17, 15) is 17.6 Å². The molecule has 0 bridgehead atoms. The molecular weight excluding hydrogens is 497 g/mol. The Labute approximate surface area is 220 Å². The van der Waals surface area contributed by atoms with E-state index in [2.05, 4.69) is 10.2 Å². The fourth-order valence-electron chi connectivity index (χ4n) is 4.75. The van der Waals surface area contributed by atoms with Gasteiger partial charge >= 0.3 is 10.3 Å². The largest absolute Gasteiger partial charge is 0.384 e. The zero-order valence-corrected chi connectivity index (χ0v) is 22.8. The van der Waals surface area contributed by atoms with Crippen LogP contribution in [-0.4, -0.2) is 70.5 Å². The number of rotatable bonds is 12. The van der Waals surface area contributed by atoms with Gasteiger partial charge in [0.25, 0.3) is 0 Å². The summed E-state index contributed by atoms with van der Waals surface area (Å²) in [6.45, 7) is 1.89. The van der Waals surface area contributed by atoms with Gasteiger partial charge in [0, 0.05) is 25.7 Å². The van der Waals surface area contributed by atoms with Crippen LogP contribution in [-0.2, 0) is 19.8 Å². The number of halogens is 1. The number of hydrogen-bond donors (Lipinski definition) is 1. The lowest BCUT2D eigenvalue weighted by Gasteiger charge is -2.37. The van der Waals surface area contributed by atoms with Gasteiger partial charge < -0.3 is 19.1 Å². The first-order chi connectivity index (χ1) is 17.5. The molecule has 0 spiro atoms. The minimum absolute atomic E-state index is 0.0574. The second-order valence-corrected chi connectivity index (χ2v) is 11.5. The Morgan fingerprint density at radius 2 is 1.65 bits per heavy atom. The van der Waals surface area contributed by atoms with Gasteiger partial charge in [-0.1, -0.05) is 29.8 Å². The van der Waals surface area contributed by atoms with Crippen LogP contribution in [0.4, 0.5) is 4.39 Å². The average Bonchev–Trinajstić information content (AvgIpc) is 2.85. The molecule has 1 saturated carbocycles. The third kappa shape index (κ3) is 8.77. The van der Waals surface area contributed by atoms with Crippen LogP contribution in [0, 0.1) is 18.7 Å². The molecule has 204 valence electrons. The molecule has 10 heteroatoms. The number of nitrogens with zero attached hydrogens (tertiary/aromatic N) is 2. The van der Waals surface area contributed by atoms with Crippen LogP contribution in [0.2, 0.25) is 0 Å². The Kier molecular flexibility index (Phi) is 10.5. The van der Waals surface area contributed by atoms with Crippen molar-refractivity contribution in [3.05, 3.63) is 65.5 Å². The molecule has 3 rings (SSSR count). The molecule has 1 aliphatic rings. The minimum Gasteiger partial charge on any atom is -0.371 e. The van der Waals surface area contributed by atoms with Crippen molar-refractivity contribution >= 4 is 16.2 Å². The Balaban J connectivity index is 1.37. The predicted octanol–water partition coefficient (Wildman–Crippen LogP) is 3.68. The minimum atomic E-state index is -3.96. The summed E-state index contributed by atoms with van der Waals surface area (Å²) in [6.07, 6.45) is 3.63. The maximum absolute atomic E-state index is 13.4. The number of benzene rings is 2. The van der Waals surface area contributed by atoms with Crippen molar-refractivity contribution in [1.82, 2.24) is 14.5 Å². The summed E-state index contributed by atoms with van der Waals surface area (Å²) in [6, 6.07) is 13.7. The Morgan fingerprint density at radius 1 is 1.03 bits per heavy atom. The van der Waals surface area contributed by atoms with E-state index in [0.29, 0.717) is 5.92 Å². The Hall–Kier alpha value is -2.53. The highest BCUT2D eigenvalue weighted by Crippen LogP contribution is 2.37. The smallest absolute Gasteiger partial charge is 0.371 e. The summed E-state index contributed by atoms with van der Waals surface area (Å²) in [4.78, 5) is 14.5. The number of hydrogen-bond acceptors (Lipinski definition) is 6. The van der Waals surface area contributed by atoms with Gasteiger partial charge in [-0.2, -0.15) is 12.7 Å². The quantitative estimate of drug-likeness (QED) is 0.417. The summed E-state index contributed by atoms with van der Waals surface area (Å²) < 4.78 is 49.6. The van der Waals surface area contributed by atoms with E-state index in [0.717, 1.165) is 41.1 Å². The molecule has 0 heterocycles. The predicted molar refractivity (Wildman–Crippen MR) is 141 cm³/mol. The third-order valence-corrected chi connectivity index (χ3v) is 8.09. The summed E-state index contributed by atoms with van der Waals surface area (Å²) in [5.41, 5.74) is 2.10. The number of amides is 1. The number of carbonyl (C=O) groups is 1. The molecule has 1 unspecified atom stereocenters. The second-order valence-electron chi connectivity index (χ2n) is 9.87. The van der Waals surface area contributed by atoms with Crippen molar-refractivity contribution in [2.24, 2.45) is 5.92 Å². The molecule has 0 aliphatic heterocycles. The highest BCUT2D eigenvalue weighted by molar-refractivity contribution is 7.84. The molecule has 0 saturated heterocycles. The molecule has 0 radical (unpaired) electrons. The van der Waals surface area contributed by atoms with Crippen molar-refractivity contribution < 1.29 is 26.5 Å². The lowest BCUT2D eigenvalue weighted by atomic mass is 9.78. The summed E-state index contributed by atoms with van der Waals surface area (Å²) in [5, 5.41) is 3.03. The maximum atomic E-state index is 13.4. The van der Waals surface area contributed by atoms with Gasteiger partial charge in [0.2, 0.25) is 5.91 Å². The normalized spacial score (nSPS) is 19.1. The highest BCUT2D eigenvalue weighted by Gasteiger charge is 2.30. The average molecular weight is 536 g/mol. The number of aryl methyl sites for hydroxylation is 1. The molecule has 1 amide bonds. The van der Waals surface area contributed by atoms with Crippen LogP contribution in [0.25, 0.3) is 0 Å². The van der Waals surface area contributed by atoms with Gasteiger partial charge in [0.15, 0.2) is 0 Å². The zero-order valence-electron chi connectivity index (χ0n) is 22.0. The first kappa shape index (κ1) is 29.0. The molecule has 2 aromatic rings. The van der Waals surface area contributed by atoms with E-state index in [1.165, 1.54) is 19.2 Å². The van der Waals surface area contributed by atoms with Crippen LogP contribution < -0.4 is 9.50 Å². The molecule has 1 aliphatic carbocycles. The standard InChI is InChI=1S/C27H38FN3O5S/c1-20-5-15-25(16-6-20)36-37(33,34)31(4)17-18-35-19-26(32)29-24-13-9-22(10-14-24)27(30(2)3)21-7-11-23(28)12-8-21/h5-8,11-12,15-16,22,24,27H,9-10,13-14,17-19H2,1-4H3,(H,29,32). The lowest BCUT2D eigenvalue weighted by molar-refractivity contribution is -0.126. The van der Waals surface area contributed by atoms with E-state index >= 15 is 0 Å². The van der Waals surface area contributed by atoms with E-state index in [4.69, 9.17) is 8.92 Å². The van der Waals surface area contributed by atoms with Crippen molar-refractivity contribution in [2.75, 3.05) is 40.9 Å². The number of nitrogens with one attached hydrogen (secondary N) is 1. The van der Waals surface area contributed by atoms with E-state index in [-0.39, 0.29) is 49.3 Å². The van der Waals surface area contributed by atoms with E-state index in [1.54, 1.807) is 24.3 Å². The monoisotopic (exact) mass is 535 g/mol. The second kappa shape index (κ2) is 13.3. The van der Waals surface area contributed by atoms with Crippen LogP contribution in [0.15, 0.2) is 48.5 Å². The van der Waals surface area contributed by atoms with Crippen LogP contribution in [0.3, 0.4) is 0 Å². The molecule has 1 atom stereocenters. The van der Waals surface area contributed by atoms with Crippen molar-refractivity contribution in [1.29, 1.82) is 0 Å². The van der Waals surface area contributed by atoms with Crippen LogP contribution in [0.5, 0.6) is 5.75 Å². The molecule has 1 N–H and O–H groups in total. The topological polar surface area (TPSA) is 88.2 Å². The van der Waals surface area contributed by atoms with Crippen molar-refractivity contribution in [3.63, 3.8) is 0 Å². The van der Waals surface area contributed by atoms with Gasteiger partial charge in [0.1, 0.15) is 18.2 Å². The van der Waals surface area contributed by atoms with E-state index < -0.39 is 10.3 Å². The third-order valence-electron chi connectivity index (χ3n) is 6.74. The molecular formula is C27H38FN3O5S. The number of ether oxygens (including phenoxy) is 1. The first-order valence-corrected chi connectivity index (χ1v) is 13.9. The molecule has 1 fully saturated rings. The maximum Gasteiger partial charge on any atom is 0.384 e. The first-order valence-electron chi connectivity index (χ1n) is 12.6. The Morgan fingerprint density at radius 3 is 2.24 bits per heavy atom. The fourth-order valence-corrected chi connectivity index (χ4v) is 5.53. The Bertz CT molecular complexity index is 1100. The highest BCUT2D eigenvalue weighted by atomic mass is 32.2. The summed E-state index contributed by atoms with van der Waals surface area (Å²) in [5.74, 6) is 0.206. The van der Waals surface area contributed by atoms with E-state index in [1.807, 2.05) is 33.2 Å². The van der Waals surface area contributed by atoms with Gasteiger partial charge in [-0.05, 0) is 82.4 Å². The number of likely N-dealkylation sites (N-methyl/N-ethyl adjacent to an activating group) is 1. The molecule has 37 heavy (non-hydrogen) atoms. The SMILES string of the molecule is Cc1ccc(OS(=O)(=O)N(C)CCOCC(=O)NC2CCC(C(c3ccc(F)cc3)N(C)C)CC2)cc1. The van der Waals surface area contributed by atoms with Crippen LogP contribution in [0.1, 0.15) is 42.9 Å². The molecule has 0 aromatic heterocycles. The lowest BCUT2D eigenvalue weighted by Crippen LogP contribution is -2.41. The van der Waals surface area contributed by atoms with Gasteiger partial charge in [-0.3, -0.25) is 4.79 Å². The van der Waals surface area contributed by atoms with Gasteiger partial charge in [0.05, 0.1) is 6.61 Å².